The van der Waals surface area contributed by atoms with E-state index in [-0.39, 0.29) is 0 Å². The molecule has 2 aliphatic rings. The summed E-state index contributed by atoms with van der Waals surface area (Å²) >= 11 is 0. The Kier molecular flexibility index (Phi) is 1.60. The quantitative estimate of drug-likeness (QED) is 0.525. The average molecular weight is 154 g/mol. The molecule has 3 nitrogen and oxygen atoms in total. The Bertz CT molecular complexity index is 181. The SMILES string of the molecule is CN1C(=O)C[C@@H]2CNCCC21. The topological polar surface area (TPSA) is 32.3 Å². The van der Waals surface area contributed by atoms with Crippen molar-refractivity contribution in [2.75, 3.05) is 20.1 Å². The molecular formula is C8H14N2O. The first kappa shape index (κ1) is 7.10. The zero-order valence-electron chi connectivity index (χ0n) is 6.84. The lowest BCUT2D eigenvalue weighted by molar-refractivity contribution is -0.127. The third kappa shape index (κ3) is 1.03. The number of fused-ring (bicyclic) bond motifs is 1. The number of rotatable bonds is 0. The van der Waals surface area contributed by atoms with Crippen molar-refractivity contribution in [1.82, 2.24) is 10.2 Å². The van der Waals surface area contributed by atoms with Gasteiger partial charge in [-0.15, -0.1) is 0 Å². The second-order valence-electron chi connectivity index (χ2n) is 3.53. The van der Waals surface area contributed by atoms with Crippen molar-refractivity contribution < 1.29 is 4.79 Å². The van der Waals surface area contributed by atoms with Gasteiger partial charge in [-0.05, 0) is 13.0 Å². The molecule has 0 aromatic heterocycles. The highest BCUT2D eigenvalue weighted by Crippen LogP contribution is 2.27. The third-order valence-electron chi connectivity index (χ3n) is 2.90. The summed E-state index contributed by atoms with van der Waals surface area (Å²) in [4.78, 5) is 13.2. The maximum absolute atomic E-state index is 11.2. The number of carbonyl (C=O) groups is 1. The highest BCUT2D eigenvalue weighted by atomic mass is 16.2. The molecule has 62 valence electrons. The molecule has 1 amide bonds. The maximum atomic E-state index is 11.2. The zero-order valence-corrected chi connectivity index (χ0v) is 6.84. The summed E-state index contributed by atoms with van der Waals surface area (Å²) in [5, 5.41) is 3.32. The molecule has 2 atom stereocenters. The first-order valence-electron chi connectivity index (χ1n) is 4.25. The normalized spacial score (nSPS) is 37.5. The van der Waals surface area contributed by atoms with Crippen LogP contribution in [0.1, 0.15) is 12.8 Å². The Balaban J connectivity index is 2.11. The molecule has 0 aromatic carbocycles. The number of amides is 1. The van der Waals surface area contributed by atoms with Crippen molar-refractivity contribution in [1.29, 1.82) is 0 Å². The number of likely N-dealkylation sites (tertiary alicyclic amines) is 1. The predicted octanol–water partition coefficient (Wildman–Crippen LogP) is -0.173. The van der Waals surface area contributed by atoms with E-state index >= 15 is 0 Å². The van der Waals surface area contributed by atoms with Gasteiger partial charge in [0.05, 0.1) is 0 Å². The van der Waals surface area contributed by atoms with E-state index in [0.29, 0.717) is 17.9 Å². The first-order chi connectivity index (χ1) is 5.29. The van der Waals surface area contributed by atoms with Crippen LogP contribution in [-0.2, 0) is 4.79 Å². The van der Waals surface area contributed by atoms with Gasteiger partial charge in [-0.1, -0.05) is 0 Å². The van der Waals surface area contributed by atoms with E-state index in [0.717, 1.165) is 25.9 Å². The van der Waals surface area contributed by atoms with E-state index in [1.54, 1.807) is 0 Å². The van der Waals surface area contributed by atoms with Gasteiger partial charge < -0.3 is 10.2 Å². The minimum atomic E-state index is 0.323. The molecule has 2 rings (SSSR count). The zero-order chi connectivity index (χ0) is 7.84. The van der Waals surface area contributed by atoms with Crippen LogP contribution in [0.5, 0.6) is 0 Å². The Morgan fingerprint density at radius 2 is 2.45 bits per heavy atom. The fourth-order valence-corrected chi connectivity index (χ4v) is 2.18. The van der Waals surface area contributed by atoms with E-state index in [2.05, 4.69) is 5.32 Å². The van der Waals surface area contributed by atoms with Crippen LogP contribution in [0.2, 0.25) is 0 Å². The van der Waals surface area contributed by atoms with Crippen molar-refractivity contribution in [3.8, 4) is 0 Å². The van der Waals surface area contributed by atoms with Gasteiger partial charge in [0.25, 0.3) is 0 Å². The molecule has 0 aromatic rings. The molecule has 0 radical (unpaired) electrons. The molecule has 2 heterocycles. The van der Waals surface area contributed by atoms with Crippen LogP contribution < -0.4 is 5.32 Å². The summed E-state index contributed by atoms with van der Waals surface area (Å²) in [6, 6.07) is 0.531. The fraction of sp³-hybridized carbons (Fsp3) is 0.875. The smallest absolute Gasteiger partial charge is 0.222 e. The van der Waals surface area contributed by atoms with Gasteiger partial charge in [0.2, 0.25) is 5.91 Å². The molecule has 1 N–H and O–H groups in total. The average Bonchev–Trinajstić information content (AvgIpc) is 2.30. The molecule has 2 aliphatic heterocycles. The third-order valence-corrected chi connectivity index (χ3v) is 2.90. The van der Waals surface area contributed by atoms with Gasteiger partial charge in [-0.3, -0.25) is 4.79 Å². The number of nitrogens with one attached hydrogen (secondary N) is 1. The predicted molar refractivity (Wildman–Crippen MR) is 42.2 cm³/mol. The van der Waals surface area contributed by atoms with Gasteiger partial charge in [-0.25, -0.2) is 0 Å². The summed E-state index contributed by atoms with van der Waals surface area (Å²) in [6.07, 6.45) is 1.89. The van der Waals surface area contributed by atoms with Crippen LogP contribution in [0.4, 0.5) is 0 Å². The second kappa shape index (κ2) is 2.48. The van der Waals surface area contributed by atoms with Gasteiger partial charge in [0.1, 0.15) is 0 Å². The van der Waals surface area contributed by atoms with Crippen molar-refractivity contribution >= 4 is 5.91 Å². The van der Waals surface area contributed by atoms with E-state index in [4.69, 9.17) is 0 Å². The van der Waals surface area contributed by atoms with E-state index < -0.39 is 0 Å². The van der Waals surface area contributed by atoms with Crippen LogP contribution >= 0.6 is 0 Å². The number of carbonyl (C=O) groups excluding carboxylic acids is 1. The van der Waals surface area contributed by atoms with Crippen LogP contribution in [0, 0.1) is 5.92 Å². The largest absolute Gasteiger partial charge is 0.342 e. The lowest BCUT2D eigenvalue weighted by Gasteiger charge is -2.29. The monoisotopic (exact) mass is 154 g/mol. The van der Waals surface area contributed by atoms with Gasteiger partial charge in [0, 0.05) is 32.0 Å². The minimum absolute atomic E-state index is 0.323. The summed E-state index contributed by atoms with van der Waals surface area (Å²) in [6.45, 7) is 2.10. The lowest BCUT2D eigenvalue weighted by Crippen LogP contribution is -2.42. The molecule has 2 saturated heterocycles. The Morgan fingerprint density at radius 1 is 1.64 bits per heavy atom. The van der Waals surface area contributed by atoms with Crippen molar-refractivity contribution in [2.45, 2.75) is 18.9 Å². The number of piperidine rings is 1. The van der Waals surface area contributed by atoms with E-state index in [1.807, 2.05) is 11.9 Å². The molecular weight excluding hydrogens is 140 g/mol. The molecule has 2 fully saturated rings. The number of hydrogen-bond acceptors (Lipinski definition) is 2. The standard InChI is InChI=1S/C8H14N2O/c1-10-7-2-3-9-5-6(7)4-8(10)11/h6-7,9H,2-5H2,1H3/t6-,7?/m1/s1. The first-order valence-corrected chi connectivity index (χ1v) is 4.25. The van der Waals surface area contributed by atoms with Crippen LogP contribution in [0.25, 0.3) is 0 Å². The molecule has 0 bridgehead atoms. The number of hydrogen-bond donors (Lipinski definition) is 1. The van der Waals surface area contributed by atoms with Crippen molar-refractivity contribution in [3.63, 3.8) is 0 Å². The van der Waals surface area contributed by atoms with Crippen molar-refractivity contribution in [3.05, 3.63) is 0 Å². The maximum Gasteiger partial charge on any atom is 0.222 e. The summed E-state index contributed by atoms with van der Waals surface area (Å²) in [5.74, 6) is 0.907. The highest BCUT2D eigenvalue weighted by molar-refractivity contribution is 5.79. The van der Waals surface area contributed by atoms with Gasteiger partial charge >= 0.3 is 0 Å². The summed E-state index contributed by atoms with van der Waals surface area (Å²) < 4.78 is 0. The molecule has 3 heteroatoms. The van der Waals surface area contributed by atoms with Gasteiger partial charge in [0.15, 0.2) is 0 Å². The second-order valence-corrected chi connectivity index (χ2v) is 3.53. The van der Waals surface area contributed by atoms with E-state index in [1.165, 1.54) is 0 Å². The Morgan fingerprint density at radius 3 is 3.18 bits per heavy atom. The molecule has 11 heavy (non-hydrogen) atoms. The minimum Gasteiger partial charge on any atom is -0.342 e. The van der Waals surface area contributed by atoms with Crippen LogP contribution in [-0.4, -0.2) is 37.0 Å². The molecule has 0 spiro atoms. The van der Waals surface area contributed by atoms with Gasteiger partial charge in [-0.2, -0.15) is 0 Å². The Hall–Kier alpha value is -0.570. The van der Waals surface area contributed by atoms with Crippen LogP contribution in [0.15, 0.2) is 0 Å². The number of nitrogens with zero attached hydrogens (tertiary/aromatic N) is 1. The summed E-state index contributed by atoms with van der Waals surface area (Å²) in [7, 11) is 1.93. The lowest BCUT2D eigenvalue weighted by atomic mass is 9.94. The molecule has 0 saturated carbocycles. The Labute approximate surface area is 66.8 Å². The fourth-order valence-electron chi connectivity index (χ4n) is 2.18. The molecule has 0 aliphatic carbocycles. The van der Waals surface area contributed by atoms with E-state index in [9.17, 15) is 4.79 Å². The highest BCUT2D eigenvalue weighted by Gasteiger charge is 2.38. The summed E-state index contributed by atoms with van der Waals surface area (Å²) in [5.41, 5.74) is 0. The molecule has 1 unspecified atom stereocenters. The van der Waals surface area contributed by atoms with Crippen molar-refractivity contribution in [2.24, 2.45) is 5.92 Å². The van der Waals surface area contributed by atoms with Crippen LogP contribution in [0.3, 0.4) is 0 Å².